The first-order valence-electron chi connectivity index (χ1n) is 7.78. The predicted molar refractivity (Wildman–Crippen MR) is 93.5 cm³/mol. The molecule has 22 heavy (non-hydrogen) atoms. The lowest BCUT2D eigenvalue weighted by molar-refractivity contribution is 0.342. The molecule has 134 valence electrons. The Bertz CT molecular complexity index is 359. The molecular weight excluding hydrogens is 346 g/mol. The van der Waals surface area contributed by atoms with E-state index in [1.54, 1.807) is 0 Å². The van der Waals surface area contributed by atoms with Gasteiger partial charge in [-0.1, -0.05) is 45.4 Å². The summed E-state index contributed by atoms with van der Waals surface area (Å²) >= 11 is 0. The highest BCUT2D eigenvalue weighted by atomic mass is 32.2. The Kier molecular flexibility index (Phi) is 11.6. The lowest BCUT2D eigenvalue weighted by Gasteiger charge is -2.18. The fourth-order valence-corrected chi connectivity index (χ4v) is 8.23. The van der Waals surface area contributed by atoms with Crippen LogP contribution in [0.5, 0.6) is 0 Å². The highest BCUT2D eigenvalue weighted by Gasteiger charge is 2.47. The molecule has 0 aliphatic carbocycles. The van der Waals surface area contributed by atoms with Crippen molar-refractivity contribution in [2.24, 2.45) is 0 Å². The van der Waals surface area contributed by atoms with E-state index >= 15 is 0 Å². The van der Waals surface area contributed by atoms with Gasteiger partial charge in [-0.25, -0.2) is 0 Å². The molecule has 9 heteroatoms. The molecule has 0 saturated heterocycles. The minimum absolute atomic E-state index is 0.106. The van der Waals surface area contributed by atoms with Gasteiger partial charge in [-0.05, 0) is 23.7 Å². The van der Waals surface area contributed by atoms with E-state index < -0.39 is 20.6 Å². The van der Waals surface area contributed by atoms with Crippen molar-refractivity contribution in [1.29, 1.82) is 0 Å². The van der Waals surface area contributed by atoms with Crippen LogP contribution in [0, 0.1) is 0 Å². The summed E-state index contributed by atoms with van der Waals surface area (Å²) in [5, 5.41) is -1.85. The average molecular weight is 377 g/mol. The lowest BCUT2D eigenvalue weighted by Crippen LogP contribution is -2.23. The van der Waals surface area contributed by atoms with Gasteiger partial charge in [0.25, 0.3) is 0 Å². The Balaban J connectivity index is 3.95. The standard InChI is InChI=1S/C13H30O6P2S/c1-3-4-5-6-7-8-9-10-11-22(2)12-13(20(14,15)16)21(17,18)19/h13H,3-12H2,1-2H3,(H3-,14,15,16,17,18,19)/p+1. The molecule has 0 heterocycles. The normalized spacial score (nSPS) is 14.5. The molecule has 6 nitrogen and oxygen atoms in total. The first-order valence-corrected chi connectivity index (χ1v) is 13.1. The van der Waals surface area contributed by atoms with Crippen molar-refractivity contribution in [3.8, 4) is 0 Å². The van der Waals surface area contributed by atoms with Gasteiger partial charge in [0.1, 0.15) is 11.5 Å². The highest BCUT2D eigenvalue weighted by Crippen LogP contribution is 2.60. The molecule has 0 aromatic carbocycles. The molecule has 0 bridgehead atoms. The zero-order chi connectivity index (χ0) is 17.2. The molecule has 0 aromatic heterocycles. The minimum atomic E-state index is -4.77. The SMILES string of the molecule is CCCCCCCCCC[S+](C)CC(P(=O)(O)O)P(=O)(O)O. The van der Waals surface area contributed by atoms with Gasteiger partial charge >= 0.3 is 15.2 Å². The molecule has 1 atom stereocenters. The molecular formula is C13H31O6P2S+. The van der Waals surface area contributed by atoms with Gasteiger partial charge in [0.15, 0.2) is 0 Å². The maximum atomic E-state index is 11.2. The predicted octanol–water partition coefficient (Wildman–Crippen LogP) is 3.06. The maximum Gasteiger partial charge on any atom is 0.345 e. The van der Waals surface area contributed by atoms with Gasteiger partial charge in [-0.3, -0.25) is 9.13 Å². The summed E-state index contributed by atoms with van der Waals surface area (Å²) in [5.41, 5.74) is 0. The fraction of sp³-hybridized carbons (Fsp3) is 1.00. The summed E-state index contributed by atoms with van der Waals surface area (Å²) in [7, 11) is -9.92. The molecule has 0 saturated carbocycles. The second-order valence-electron chi connectivity index (χ2n) is 5.79. The Labute approximate surface area is 136 Å². The first kappa shape index (κ1) is 22.6. The topological polar surface area (TPSA) is 115 Å². The van der Waals surface area contributed by atoms with Crippen LogP contribution in [-0.4, -0.2) is 42.7 Å². The maximum absolute atomic E-state index is 11.2. The van der Waals surface area contributed by atoms with Crippen LogP contribution < -0.4 is 0 Å². The summed E-state index contributed by atoms with van der Waals surface area (Å²) in [6.45, 7) is 2.19. The Morgan fingerprint density at radius 1 is 0.818 bits per heavy atom. The Morgan fingerprint density at radius 3 is 1.64 bits per heavy atom. The van der Waals surface area contributed by atoms with E-state index in [0.717, 1.165) is 25.0 Å². The summed E-state index contributed by atoms with van der Waals surface area (Å²) in [4.78, 5) is 36.4. The van der Waals surface area contributed by atoms with E-state index in [2.05, 4.69) is 6.92 Å². The first-order chi connectivity index (χ1) is 10.1. The van der Waals surface area contributed by atoms with Crippen LogP contribution in [0.15, 0.2) is 0 Å². The van der Waals surface area contributed by atoms with Gasteiger partial charge in [-0.2, -0.15) is 0 Å². The van der Waals surface area contributed by atoms with E-state index in [1.807, 2.05) is 6.26 Å². The van der Waals surface area contributed by atoms with E-state index in [1.165, 1.54) is 32.1 Å². The van der Waals surface area contributed by atoms with Crippen molar-refractivity contribution in [1.82, 2.24) is 0 Å². The Hall–Kier alpha value is 0.650. The second-order valence-corrected chi connectivity index (χ2v) is 12.1. The number of rotatable bonds is 13. The molecule has 0 rings (SSSR count). The van der Waals surface area contributed by atoms with Crippen LogP contribution in [0.3, 0.4) is 0 Å². The van der Waals surface area contributed by atoms with Crippen molar-refractivity contribution < 1.29 is 28.7 Å². The second kappa shape index (κ2) is 11.2. The quantitative estimate of drug-likeness (QED) is 0.223. The number of hydrogen-bond donors (Lipinski definition) is 4. The van der Waals surface area contributed by atoms with E-state index in [0.29, 0.717) is 0 Å². The van der Waals surface area contributed by atoms with Crippen molar-refractivity contribution in [2.45, 2.75) is 63.7 Å². The van der Waals surface area contributed by atoms with Crippen LogP contribution in [-0.2, 0) is 20.0 Å². The Morgan fingerprint density at radius 2 is 1.23 bits per heavy atom. The van der Waals surface area contributed by atoms with Crippen LogP contribution >= 0.6 is 15.2 Å². The van der Waals surface area contributed by atoms with Gasteiger partial charge in [0, 0.05) is 0 Å². The summed E-state index contributed by atoms with van der Waals surface area (Å²) in [6, 6.07) is 0. The molecule has 0 aliphatic heterocycles. The van der Waals surface area contributed by atoms with Crippen molar-refractivity contribution in [3.63, 3.8) is 0 Å². The highest BCUT2D eigenvalue weighted by molar-refractivity contribution is 7.97. The molecule has 0 spiro atoms. The van der Waals surface area contributed by atoms with Gasteiger partial charge in [0.05, 0.1) is 6.26 Å². The van der Waals surface area contributed by atoms with E-state index in [4.69, 9.17) is 19.6 Å². The lowest BCUT2D eigenvalue weighted by atomic mass is 10.1. The number of unbranched alkanes of at least 4 members (excludes halogenated alkanes) is 7. The third kappa shape index (κ3) is 11.2. The largest absolute Gasteiger partial charge is 0.345 e. The third-order valence-electron chi connectivity index (χ3n) is 3.56. The molecule has 0 amide bonds. The monoisotopic (exact) mass is 377 g/mol. The van der Waals surface area contributed by atoms with Gasteiger partial charge < -0.3 is 19.6 Å². The molecule has 0 fully saturated rings. The molecule has 0 aliphatic rings. The average Bonchev–Trinajstić information content (AvgIpc) is 2.36. The third-order valence-corrected chi connectivity index (χ3v) is 9.66. The van der Waals surface area contributed by atoms with Gasteiger partial charge in [0.2, 0.25) is 5.40 Å². The van der Waals surface area contributed by atoms with Gasteiger partial charge in [-0.15, -0.1) is 0 Å². The van der Waals surface area contributed by atoms with Crippen molar-refractivity contribution >= 4 is 26.1 Å². The molecule has 1 unspecified atom stereocenters. The van der Waals surface area contributed by atoms with Crippen LogP contribution in [0.2, 0.25) is 0 Å². The minimum Gasteiger partial charge on any atom is -0.324 e. The summed E-state index contributed by atoms with van der Waals surface area (Å²) < 4.78 is 22.4. The van der Waals surface area contributed by atoms with E-state index in [-0.39, 0.29) is 16.6 Å². The molecule has 4 N–H and O–H groups in total. The zero-order valence-corrected chi connectivity index (χ0v) is 16.2. The summed E-state index contributed by atoms with van der Waals surface area (Å²) in [6.07, 6.45) is 11.3. The van der Waals surface area contributed by atoms with Crippen molar-refractivity contribution in [3.05, 3.63) is 0 Å². The zero-order valence-electron chi connectivity index (χ0n) is 13.6. The van der Waals surface area contributed by atoms with Crippen LogP contribution in [0.4, 0.5) is 0 Å². The van der Waals surface area contributed by atoms with Crippen molar-refractivity contribution in [2.75, 3.05) is 17.8 Å². The molecule has 0 aromatic rings. The summed E-state index contributed by atoms with van der Waals surface area (Å²) in [5.74, 6) is 0.663. The fourth-order valence-electron chi connectivity index (χ4n) is 2.21. The number of hydrogen-bond acceptors (Lipinski definition) is 2. The molecule has 0 radical (unpaired) electrons. The smallest absolute Gasteiger partial charge is 0.324 e. The van der Waals surface area contributed by atoms with Crippen LogP contribution in [0.25, 0.3) is 0 Å². The van der Waals surface area contributed by atoms with E-state index in [9.17, 15) is 9.13 Å². The van der Waals surface area contributed by atoms with Crippen LogP contribution in [0.1, 0.15) is 58.3 Å².